The minimum absolute atomic E-state index is 0.0896. The fraction of sp³-hybridized carbons (Fsp3) is 0.533. The Kier molecular flexibility index (Phi) is 6.81. The quantitative estimate of drug-likeness (QED) is 0.568. The molecule has 1 unspecified atom stereocenters. The lowest BCUT2D eigenvalue weighted by Crippen LogP contribution is -2.18. The molecule has 0 heterocycles. The van der Waals surface area contributed by atoms with Crippen molar-refractivity contribution in [2.24, 2.45) is 17.6 Å². The smallest absolute Gasteiger partial charge is 0.292 e. The second-order valence-corrected chi connectivity index (χ2v) is 5.44. The number of amides is 1. The number of rotatable bonds is 8. The molecular formula is C15H23N3O3. The molecule has 1 aromatic carbocycles. The lowest BCUT2D eigenvalue weighted by atomic mass is 9.88. The van der Waals surface area contributed by atoms with Crippen molar-refractivity contribution in [1.29, 1.82) is 0 Å². The van der Waals surface area contributed by atoms with Gasteiger partial charge in [0.2, 0.25) is 5.91 Å². The highest BCUT2D eigenvalue weighted by atomic mass is 16.6. The molecule has 0 radical (unpaired) electrons. The molecule has 6 heteroatoms. The molecule has 116 valence electrons. The summed E-state index contributed by atoms with van der Waals surface area (Å²) in [7, 11) is 0. The van der Waals surface area contributed by atoms with Crippen LogP contribution in [0.4, 0.5) is 11.4 Å². The van der Waals surface area contributed by atoms with Crippen LogP contribution in [0.5, 0.6) is 0 Å². The molecule has 0 aromatic heterocycles. The van der Waals surface area contributed by atoms with Gasteiger partial charge in [0.1, 0.15) is 5.69 Å². The second-order valence-electron chi connectivity index (χ2n) is 5.44. The summed E-state index contributed by atoms with van der Waals surface area (Å²) in [4.78, 5) is 22.3. The molecule has 1 rings (SSSR count). The number of nitrogens with one attached hydrogen (secondary N) is 1. The van der Waals surface area contributed by atoms with Gasteiger partial charge in [0.25, 0.3) is 5.69 Å². The van der Waals surface area contributed by atoms with E-state index in [2.05, 4.69) is 19.2 Å². The van der Waals surface area contributed by atoms with Gasteiger partial charge >= 0.3 is 0 Å². The summed E-state index contributed by atoms with van der Waals surface area (Å²) in [5.74, 6) is 0.658. The Morgan fingerprint density at radius 2 is 2.00 bits per heavy atom. The fourth-order valence-corrected chi connectivity index (χ4v) is 2.29. The molecule has 0 aliphatic carbocycles. The first-order valence-electron chi connectivity index (χ1n) is 7.19. The van der Waals surface area contributed by atoms with Gasteiger partial charge in [-0.05, 0) is 37.3 Å². The van der Waals surface area contributed by atoms with Crippen LogP contribution in [-0.2, 0) is 4.79 Å². The number of nitrogens with two attached hydrogens (primary N) is 1. The van der Waals surface area contributed by atoms with Crippen LogP contribution in [0, 0.1) is 22.0 Å². The fourth-order valence-electron chi connectivity index (χ4n) is 2.29. The lowest BCUT2D eigenvalue weighted by Gasteiger charge is -2.19. The Balaban J connectivity index is 2.60. The molecule has 0 aliphatic rings. The lowest BCUT2D eigenvalue weighted by molar-refractivity contribution is -0.383. The number of nitro benzene ring substituents is 1. The van der Waals surface area contributed by atoms with Crippen LogP contribution >= 0.6 is 0 Å². The first kappa shape index (κ1) is 17.1. The monoisotopic (exact) mass is 293 g/mol. The van der Waals surface area contributed by atoms with Gasteiger partial charge in [-0.1, -0.05) is 26.0 Å². The number of carbonyl (C=O) groups excluding carboxylic acids is 1. The van der Waals surface area contributed by atoms with Gasteiger partial charge in [-0.15, -0.1) is 0 Å². The molecule has 3 N–H and O–H groups in total. The van der Waals surface area contributed by atoms with Gasteiger partial charge in [0.15, 0.2) is 0 Å². The first-order valence-corrected chi connectivity index (χ1v) is 7.19. The number of nitro groups is 1. The Bertz CT molecular complexity index is 489. The van der Waals surface area contributed by atoms with Gasteiger partial charge in [0.05, 0.1) is 4.92 Å². The third-order valence-electron chi connectivity index (χ3n) is 3.60. The van der Waals surface area contributed by atoms with Crippen LogP contribution in [0.1, 0.15) is 33.1 Å². The van der Waals surface area contributed by atoms with E-state index in [9.17, 15) is 14.9 Å². The Morgan fingerprint density at radius 3 is 2.57 bits per heavy atom. The van der Waals surface area contributed by atoms with Gasteiger partial charge in [-0.3, -0.25) is 14.9 Å². The Hall–Kier alpha value is -1.95. The summed E-state index contributed by atoms with van der Waals surface area (Å²) >= 11 is 0. The summed E-state index contributed by atoms with van der Waals surface area (Å²) in [5.41, 5.74) is 5.73. The maximum absolute atomic E-state index is 12.0. The van der Waals surface area contributed by atoms with E-state index in [1.807, 2.05) is 0 Å². The predicted molar refractivity (Wildman–Crippen MR) is 83.0 cm³/mol. The SMILES string of the molecule is CC(C)C(CCN)CCC(=O)Nc1ccccc1[N+](=O)[O-]. The number of hydrogen-bond acceptors (Lipinski definition) is 4. The summed E-state index contributed by atoms with van der Waals surface area (Å²) in [6.45, 7) is 4.83. The number of hydrogen-bond donors (Lipinski definition) is 2. The van der Waals surface area contributed by atoms with E-state index in [1.54, 1.807) is 12.1 Å². The van der Waals surface area contributed by atoms with Gasteiger partial charge in [0, 0.05) is 12.5 Å². The van der Waals surface area contributed by atoms with Gasteiger partial charge < -0.3 is 11.1 Å². The van der Waals surface area contributed by atoms with Crippen molar-refractivity contribution in [2.45, 2.75) is 33.1 Å². The van der Waals surface area contributed by atoms with Crippen LogP contribution in [0.3, 0.4) is 0 Å². The van der Waals surface area contributed by atoms with E-state index >= 15 is 0 Å². The Morgan fingerprint density at radius 1 is 1.33 bits per heavy atom. The molecule has 0 bridgehead atoms. The summed E-state index contributed by atoms with van der Waals surface area (Å²) < 4.78 is 0. The molecule has 0 fully saturated rings. The number of benzene rings is 1. The molecule has 0 aliphatic heterocycles. The summed E-state index contributed by atoms with van der Waals surface area (Å²) in [6.07, 6.45) is 1.96. The minimum atomic E-state index is -0.499. The van der Waals surface area contributed by atoms with Crippen molar-refractivity contribution in [3.8, 4) is 0 Å². The van der Waals surface area contributed by atoms with E-state index < -0.39 is 4.92 Å². The van der Waals surface area contributed by atoms with E-state index in [1.165, 1.54) is 12.1 Å². The molecule has 21 heavy (non-hydrogen) atoms. The van der Waals surface area contributed by atoms with Gasteiger partial charge in [-0.25, -0.2) is 0 Å². The normalized spacial score (nSPS) is 12.2. The maximum atomic E-state index is 12.0. The number of para-hydroxylation sites is 2. The number of carbonyl (C=O) groups is 1. The molecular weight excluding hydrogens is 270 g/mol. The molecule has 1 aromatic rings. The van der Waals surface area contributed by atoms with Crippen molar-refractivity contribution < 1.29 is 9.72 Å². The largest absolute Gasteiger partial charge is 0.330 e. The molecule has 1 atom stereocenters. The zero-order valence-electron chi connectivity index (χ0n) is 12.5. The molecule has 0 saturated heterocycles. The van der Waals surface area contributed by atoms with Crippen molar-refractivity contribution in [2.75, 3.05) is 11.9 Å². The van der Waals surface area contributed by atoms with E-state index in [0.29, 0.717) is 24.8 Å². The average Bonchev–Trinajstić information content (AvgIpc) is 2.43. The third kappa shape index (κ3) is 5.51. The summed E-state index contributed by atoms with van der Waals surface area (Å²) in [6, 6.07) is 6.15. The van der Waals surface area contributed by atoms with Crippen LogP contribution in [0.15, 0.2) is 24.3 Å². The molecule has 6 nitrogen and oxygen atoms in total. The highest BCUT2D eigenvalue weighted by molar-refractivity contribution is 5.92. The molecule has 1 amide bonds. The van der Waals surface area contributed by atoms with Crippen LogP contribution in [0.2, 0.25) is 0 Å². The summed E-state index contributed by atoms with van der Waals surface area (Å²) in [5, 5.41) is 13.5. The van der Waals surface area contributed by atoms with Crippen molar-refractivity contribution in [3.05, 3.63) is 34.4 Å². The van der Waals surface area contributed by atoms with E-state index in [4.69, 9.17) is 5.73 Å². The number of nitrogens with zero attached hydrogens (tertiary/aromatic N) is 1. The van der Waals surface area contributed by atoms with E-state index in [0.717, 1.165) is 12.8 Å². The average molecular weight is 293 g/mol. The van der Waals surface area contributed by atoms with Crippen LogP contribution in [0.25, 0.3) is 0 Å². The standard InChI is InChI=1S/C15H23N3O3/c1-11(2)12(9-10-16)7-8-15(19)17-13-5-3-4-6-14(13)18(20)21/h3-6,11-12H,7-10,16H2,1-2H3,(H,17,19). The van der Waals surface area contributed by atoms with Crippen LogP contribution in [-0.4, -0.2) is 17.4 Å². The van der Waals surface area contributed by atoms with Crippen molar-refractivity contribution in [3.63, 3.8) is 0 Å². The van der Waals surface area contributed by atoms with Gasteiger partial charge in [-0.2, -0.15) is 0 Å². The number of anilines is 1. The maximum Gasteiger partial charge on any atom is 0.292 e. The topological polar surface area (TPSA) is 98.3 Å². The molecule has 0 spiro atoms. The highest BCUT2D eigenvalue weighted by Crippen LogP contribution is 2.24. The third-order valence-corrected chi connectivity index (χ3v) is 3.60. The van der Waals surface area contributed by atoms with Crippen molar-refractivity contribution in [1.82, 2.24) is 0 Å². The zero-order valence-corrected chi connectivity index (χ0v) is 12.5. The Labute approximate surface area is 124 Å². The molecule has 0 saturated carbocycles. The highest BCUT2D eigenvalue weighted by Gasteiger charge is 2.17. The predicted octanol–water partition coefficient (Wildman–Crippen LogP) is 2.93. The van der Waals surface area contributed by atoms with Crippen LogP contribution < -0.4 is 11.1 Å². The second kappa shape index (κ2) is 8.36. The van der Waals surface area contributed by atoms with E-state index in [-0.39, 0.29) is 17.3 Å². The zero-order chi connectivity index (χ0) is 15.8. The first-order chi connectivity index (χ1) is 9.95. The van der Waals surface area contributed by atoms with Crippen molar-refractivity contribution >= 4 is 17.3 Å². The minimum Gasteiger partial charge on any atom is -0.330 e.